The van der Waals surface area contributed by atoms with Gasteiger partial charge in [-0.05, 0) is 0 Å². The molecule has 2 aliphatic rings. The van der Waals surface area contributed by atoms with Gasteiger partial charge in [0.25, 0.3) is 0 Å². The molecule has 2 rings (SSSR count). The van der Waals surface area contributed by atoms with Crippen molar-refractivity contribution in [3.8, 4) is 0 Å². The van der Waals surface area contributed by atoms with E-state index in [1.54, 1.807) is 0 Å². The van der Waals surface area contributed by atoms with Crippen molar-refractivity contribution in [1.82, 2.24) is 0 Å². The van der Waals surface area contributed by atoms with Gasteiger partial charge in [-0.1, -0.05) is 0 Å². The molecule has 0 aromatic rings. The van der Waals surface area contributed by atoms with Crippen molar-refractivity contribution in [2.24, 2.45) is 16.7 Å². The number of fused-ring (bicyclic) bond motifs is 2. The molecule has 0 aromatic carbocycles. The van der Waals surface area contributed by atoms with Crippen LogP contribution in [0.4, 0.5) is 0 Å². The van der Waals surface area contributed by atoms with Crippen LogP contribution in [-0.4, -0.2) is 37.9 Å². The topological polar surface area (TPSA) is 40.5 Å². The Morgan fingerprint density at radius 2 is 2.12 bits per heavy atom. The van der Waals surface area contributed by atoms with Crippen LogP contribution in [0.1, 0.15) is 39.5 Å². The zero-order valence-corrected chi connectivity index (χ0v) is 12.1. The fraction of sp³-hybridized carbons (Fsp3) is 1.00. The van der Waals surface area contributed by atoms with Gasteiger partial charge >= 0.3 is 105 Å². The van der Waals surface area contributed by atoms with Crippen molar-refractivity contribution < 1.29 is 10.2 Å². The molecular formula is C13H24O2Se. The molecule has 3 heteroatoms. The third-order valence-corrected chi connectivity index (χ3v) is 7.92. The molecular weight excluding hydrogens is 267 g/mol. The molecule has 94 valence electrons. The molecule has 0 saturated heterocycles. The SMILES string of the molecule is CC1(C)[C@H]2CC[C@]1(C[Se]CCCO)[C@@H](O)C2. The summed E-state index contributed by atoms with van der Waals surface area (Å²) in [7, 11) is 0. The Hall–Kier alpha value is 0.439. The van der Waals surface area contributed by atoms with Gasteiger partial charge in [0.15, 0.2) is 0 Å². The molecule has 0 aliphatic heterocycles. The van der Waals surface area contributed by atoms with E-state index in [4.69, 9.17) is 5.11 Å². The molecule has 2 fully saturated rings. The van der Waals surface area contributed by atoms with Crippen molar-refractivity contribution in [2.45, 2.75) is 56.3 Å². The Bertz CT molecular complexity index is 254. The quantitative estimate of drug-likeness (QED) is 0.601. The number of aliphatic hydroxyl groups excluding tert-OH is 2. The molecule has 2 bridgehead atoms. The number of rotatable bonds is 5. The Morgan fingerprint density at radius 3 is 2.62 bits per heavy atom. The van der Waals surface area contributed by atoms with Gasteiger partial charge in [-0.25, -0.2) is 0 Å². The zero-order valence-electron chi connectivity index (χ0n) is 10.4. The predicted octanol–water partition coefficient (Wildman–Crippen LogP) is 2.10. The molecule has 0 heterocycles. The normalized spacial score (nSPS) is 40.5. The Morgan fingerprint density at radius 1 is 1.38 bits per heavy atom. The summed E-state index contributed by atoms with van der Waals surface area (Å²) in [6.45, 7) is 5.05. The first kappa shape index (κ1) is 12.9. The number of aliphatic hydroxyl groups is 2. The average Bonchev–Trinajstić information content (AvgIpc) is 2.58. The Kier molecular flexibility index (Phi) is 3.71. The van der Waals surface area contributed by atoms with E-state index in [9.17, 15) is 5.11 Å². The second kappa shape index (κ2) is 4.61. The van der Waals surface area contributed by atoms with Gasteiger partial charge in [0.1, 0.15) is 0 Å². The van der Waals surface area contributed by atoms with E-state index in [0.29, 0.717) is 27.0 Å². The van der Waals surface area contributed by atoms with E-state index in [1.165, 1.54) is 23.5 Å². The van der Waals surface area contributed by atoms with Crippen molar-refractivity contribution in [3.63, 3.8) is 0 Å². The van der Waals surface area contributed by atoms with E-state index >= 15 is 0 Å². The van der Waals surface area contributed by atoms with Crippen molar-refractivity contribution in [2.75, 3.05) is 6.61 Å². The molecule has 0 aromatic heterocycles. The molecule has 2 saturated carbocycles. The predicted molar refractivity (Wildman–Crippen MR) is 66.6 cm³/mol. The van der Waals surface area contributed by atoms with E-state index < -0.39 is 0 Å². The van der Waals surface area contributed by atoms with Crippen molar-refractivity contribution in [3.05, 3.63) is 0 Å². The summed E-state index contributed by atoms with van der Waals surface area (Å²) in [6, 6.07) is 0. The van der Waals surface area contributed by atoms with Gasteiger partial charge in [-0.2, -0.15) is 0 Å². The van der Waals surface area contributed by atoms with Crippen LogP contribution >= 0.6 is 0 Å². The summed E-state index contributed by atoms with van der Waals surface area (Å²) in [5.41, 5.74) is 0.556. The number of hydrogen-bond donors (Lipinski definition) is 2. The van der Waals surface area contributed by atoms with Crippen LogP contribution < -0.4 is 0 Å². The maximum absolute atomic E-state index is 10.3. The summed E-state index contributed by atoms with van der Waals surface area (Å²) < 4.78 is 0. The van der Waals surface area contributed by atoms with Crippen LogP contribution in [0.5, 0.6) is 0 Å². The molecule has 2 nitrogen and oxygen atoms in total. The zero-order chi connectivity index (χ0) is 11.8. The first-order chi connectivity index (χ1) is 7.54. The van der Waals surface area contributed by atoms with Crippen molar-refractivity contribution >= 4 is 15.0 Å². The maximum atomic E-state index is 10.3. The van der Waals surface area contributed by atoms with Crippen LogP contribution in [-0.2, 0) is 0 Å². The Balaban J connectivity index is 1.99. The van der Waals surface area contributed by atoms with Crippen LogP contribution in [0.2, 0.25) is 10.6 Å². The van der Waals surface area contributed by atoms with Crippen LogP contribution in [0.15, 0.2) is 0 Å². The number of hydrogen-bond acceptors (Lipinski definition) is 2. The summed E-state index contributed by atoms with van der Waals surface area (Å²) in [5, 5.41) is 21.5. The molecule has 0 radical (unpaired) electrons. The minimum absolute atomic E-state index is 0.0581. The second-order valence-corrected chi connectivity index (χ2v) is 8.31. The van der Waals surface area contributed by atoms with Gasteiger partial charge < -0.3 is 0 Å². The van der Waals surface area contributed by atoms with Gasteiger partial charge in [0, 0.05) is 0 Å². The van der Waals surface area contributed by atoms with Crippen molar-refractivity contribution in [1.29, 1.82) is 0 Å². The Labute approximate surface area is 105 Å². The van der Waals surface area contributed by atoms with Gasteiger partial charge in [-0.3, -0.25) is 0 Å². The van der Waals surface area contributed by atoms with E-state index in [1.807, 2.05) is 0 Å². The monoisotopic (exact) mass is 292 g/mol. The van der Waals surface area contributed by atoms with E-state index in [-0.39, 0.29) is 11.5 Å². The first-order valence-corrected chi connectivity index (χ1v) is 8.83. The van der Waals surface area contributed by atoms with Gasteiger partial charge in [0.2, 0.25) is 0 Å². The summed E-state index contributed by atoms with van der Waals surface area (Å²) in [5.74, 6) is 0.746. The third kappa shape index (κ3) is 1.77. The summed E-state index contributed by atoms with van der Waals surface area (Å²) in [4.78, 5) is 0. The molecule has 0 unspecified atom stereocenters. The average molecular weight is 291 g/mol. The summed E-state index contributed by atoms with van der Waals surface area (Å²) >= 11 is 0.597. The molecule has 0 amide bonds. The third-order valence-electron chi connectivity index (χ3n) is 5.19. The fourth-order valence-electron chi connectivity index (χ4n) is 3.80. The van der Waals surface area contributed by atoms with Gasteiger partial charge in [0.05, 0.1) is 0 Å². The van der Waals surface area contributed by atoms with Gasteiger partial charge in [-0.15, -0.1) is 0 Å². The second-order valence-electron chi connectivity index (χ2n) is 5.99. The molecule has 3 atom stereocenters. The van der Waals surface area contributed by atoms with E-state index in [2.05, 4.69) is 13.8 Å². The fourth-order valence-corrected chi connectivity index (χ4v) is 7.05. The molecule has 2 N–H and O–H groups in total. The van der Waals surface area contributed by atoms with Crippen LogP contribution in [0.3, 0.4) is 0 Å². The van der Waals surface area contributed by atoms with E-state index in [0.717, 1.165) is 18.8 Å². The molecule has 16 heavy (non-hydrogen) atoms. The minimum atomic E-state index is -0.0581. The van der Waals surface area contributed by atoms with Crippen LogP contribution in [0.25, 0.3) is 0 Å². The first-order valence-electron chi connectivity index (χ1n) is 6.41. The van der Waals surface area contributed by atoms with Crippen LogP contribution in [0, 0.1) is 16.7 Å². The summed E-state index contributed by atoms with van der Waals surface area (Å²) in [6.07, 6.45) is 4.46. The molecule has 2 aliphatic carbocycles. The standard InChI is InChI=1S/C13H24O2Se/c1-12(2)10-4-5-13(12,11(15)8-10)9-16-7-3-6-14/h10-11,14-15H,3-9H2,1-2H3/t10-,11-,13-/m0/s1. The molecule has 0 spiro atoms.